The number of rotatable bonds is 5. The van der Waals surface area contributed by atoms with E-state index in [1.807, 2.05) is 18.5 Å². The van der Waals surface area contributed by atoms with E-state index in [2.05, 4.69) is 58.7 Å². The van der Waals surface area contributed by atoms with Gasteiger partial charge in [0.1, 0.15) is 0 Å². The van der Waals surface area contributed by atoms with Crippen LogP contribution in [0.1, 0.15) is 23.5 Å². The fourth-order valence-corrected chi connectivity index (χ4v) is 2.72. The molecule has 0 spiro atoms. The van der Waals surface area contributed by atoms with Crippen LogP contribution in [0.2, 0.25) is 0 Å². The van der Waals surface area contributed by atoms with Gasteiger partial charge in [-0.3, -0.25) is 5.10 Å². The highest BCUT2D eigenvalue weighted by atomic mass is 15.1. The van der Waals surface area contributed by atoms with Crippen LogP contribution in [0.5, 0.6) is 0 Å². The number of nitrogens with two attached hydrogens (primary N) is 1. The first-order valence-corrected chi connectivity index (χ1v) is 7.22. The Morgan fingerprint density at radius 2 is 1.76 bits per heavy atom. The molecule has 21 heavy (non-hydrogen) atoms. The third kappa shape index (κ3) is 3.03. The number of nitrogens with zero attached hydrogens (tertiary/aromatic N) is 1. The quantitative estimate of drug-likeness (QED) is 0.749. The molecule has 2 aromatic carbocycles. The van der Waals surface area contributed by atoms with E-state index in [-0.39, 0.29) is 0 Å². The monoisotopic (exact) mass is 277 g/mol. The van der Waals surface area contributed by atoms with Crippen LogP contribution in [0, 0.1) is 0 Å². The van der Waals surface area contributed by atoms with E-state index < -0.39 is 0 Å². The lowest BCUT2D eigenvalue weighted by molar-refractivity contribution is 0.726. The molecule has 0 saturated heterocycles. The molecule has 3 rings (SSSR count). The molecule has 1 heterocycles. The summed E-state index contributed by atoms with van der Waals surface area (Å²) in [7, 11) is 0. The fraction of sp³-hybridized carbons (Fsp3) is 0.167. The van der Waals surface area contributed by atoms with Gasteiger partial charge < -0.3 is 5.73 Å². The van der Waals surface area contributed by atoms with E-state index in [9.17, 15) is 0 Å². The Bertz CT molecular complexity index is 675. The van der Waals surface area contributed by atoms with Crippen LogP contribution >= 0.6 is 0 Å². The van der Waals surface area contributed by atoms with Crippen molar-refractivity contribution in [1.29, 1.82) is 0 Å². The lowest BCUT2D eigenvalue weighted by Crippen LogP contribution is -2.08. The minimum absolute atomic E-state index is 0.336. The number of benzene rings is 2. The Balaban J connectivity index is 1.98. The van der Waals surface area contributed by atoms with Crippen molar-refractivity contribution in [2.24, 2.45) is 5.73 Å². The first-order valence-electron chi connectivity index (χ1n) is 7.22. The number of aromatic nitrogens is 2. The van der Waals surface area contributed by atoms with Crippen LogP contribution in [0.25, 0.3) is 11.1 Å². The second-order valence-electron chi connectivity index (χ2n) is 5.15. The number of nitrogens with one attached hydrogen (secondary N) is 1. The van der Waals surface area contributed by atoms with Crippen molar-refractivity contribution >= 4 is 0 Å². The maximum atomic E-state index is 5.82. The average Bonchev–Trinajstić information content (AvgIpc) is 3.08. The molecule has 0 bridgehead atoms. The number of hydrogen-bond donors (Lipinski definition) is 2. The number of H-pyrrole nitrogens is 1. The first-order chi connectivity index (χ1) is 10.4. The molecule has 0 fully saturated rings. The van der Waals surface area contributed by atoms with Gasteiger partial charge in [0.15, 0.2) is 0 Å². The molecule has 1 atom stereocenters. The summed E-state index contributed by atoms with van der Waals surface area (Å²) in [5.41, 5.74) is 10.7. The summed E-state index contributed by atoms with van der Waals surface area (Å²) >= 11 is 0. The van der Waals surface area contributed by atoms with Gasteiger partial charge in [-0.25, -0.2) is 0 Å². The zero-order chi connectivity index (χ0) is 14.5. The van der Waals surface area contributed by atoms with Gasteiger partial charge >= 0.3 is 0 Å². The Hall–Kier alpha value is -2.39. The van der Waals surface area contributed by atoms with Crippen molar-refractivity contribution in [3.63, 3.8) is 0 Å². The lowest BCUT2D eigenvalue weighted by atomic mass is 9.87. The molecule has 0 aliphatic carbocycles. The third-order valence-electron chi connectivity index (χ3n) is 3.78. The van der Waals surface area contributed by atoms with Crippen molar-refractivity contribution in [3.8, 4) is 11.1 Å². The Labute approximate surface area is 124 Å². The maximum Gasteiger partial charge on any atom is 0.0565 e. The van der Waals surface area contributed by atoms with E-state index in [4.69, 9.17) is 5.73 Å². The molecule has 0 radical (unpaired) electrons. The summed E-state index contributed by atoms with van der Waals surface area (Å²) in [5.74, 6) is 0.336. The summed E-state index contributed by atoms with van der Waals surface area (Å²) in [6.07, 6.45) is 4.71. The van der Waals surface area contributed by atoms with Crippen LogP contribution < -0.4 is 5.73 Å². The maximum absolute atomic E-state index is 5.82. The molecule has 3 N–H and O–H groups in total. The average molecular weight is 277 g/mol. The van der Waals surface area contributed by atoms with E-state index in [1.54, 1.807) is 0 Å². The highest BCUT2D eigenvalue weighted by molar-refractivity contribution is 5.62. The molecule has 0 saturated carbocycles. The van der Waals surface area contributed by atoms with Gasteiger partial charge in [-0.1, -0.05) is 54.6 Å². The Morgan fingerprint density at radius 3 is 2.48 bits per heavy atom. The molecule has 0 aliphatic heterocycles. The molecule has 106 valence electrons. The van der Waals surface area contributed by atoms with Crippen LogP contribution in [-0.2, 0) is 0 Å². The predicted molar refractivity (Wildman–Crippen MR) is 86.0 cm³/mol. The molecule has 3 nitrogen and oxygen atoms in total. The summed E-state index contributed by atoms with van der Waals surface area (Å²) in [4.78, 5) is 0. The second-order valence-corrected chi connectivity index (χ2v) is 5.15. The van der Waals surface area contributed by atoms with E-state index >= 15 is 0 Å². The fourth-order valence-electron chi connectivity index (χ4n) is 2.72. The normalized spacial score (nSPS) is 12.2. The van der Waals surface area contributed by atoms with Crippen LogP contribution in [-0.4, -0.2) is 16.7 Å². The summed E-state index contributed by atoms with van der Waals surface area (Å²) < 4.78 is 0. The van der Waals surface area contributed by atoms with Gasteiger partial charge in [0.2, 0.25) is 0 Å². The first kappa shape index (κ1) is 13.6. The second kappa shape index (κ2) is 6.37. The molecule has 3 heteroatoms. The predicted octanol–water partition coefficient (Wildman–Crippen LogP) is 3.56. The van der Waals surface area contributed by atoms with Crippen LogP contribution in [0.4, 0.5) is 0 Å². The molecular formula is C18H19N3. The van der Waals surface area contributed by atoms with Gasteiger partial charge in [0.25, 0.3) is 0 Å². The minimum Gasteiger partial charge on any atom is -0.330 e. The number of aromatic amines is 1. The van der Waals surface area contributed by atoms with Crippen molar-refractivity contribution in [2.75, 3.05) is 6.54 Å². The molecule has 1 unspecified atom stereocenters. The molecular weight excluding hydrogens is 258 g/mol. The standard InChI is InChI=1S/C18H19N3/c19-10-9-18(14-5-2-1-3-6-14)16-8-4-7-15(11-16)17-12-20-21-13-17/h1-8,11-13,18H,9-10,19H2,(H,20,21). The van der Waals surface area contributed by atoms with E-state index in [0.717, 1.165) is 12.0 Å². The Kier molecular flexibility index (Phi) is 4.12. The molecule has 3 aromatic rings. The SMILES string of the molecule is NCCC(c1ccccc1)c1cccc(-c2cn[nH]c2)c1. The van der Waals surface area contributed by atoms with Crippen molar-refractivity contribution < 1.29 is 0 Å². The summed E-state index contributed by atoms with van der Waals surface area (Å²) in [5, 5.41) is 6.89. The smallest absolute Gasteiger partial charge is 0.0565 e. The topological polar surface area (TPSA) is 54.7 Å². The molecule has 1 aromatic heterocycles. The molecule has 0 amide bonds. The Morgan fingerprint density at radius 1 is 0.952 bits per heavy atom. The molecule has 0 aliphatic rings. The number of hydrogen-bond acceptors (Lipinski definition) is 2. The van der Waals surface area contributed by atoms with E-state index in [1.165, 1.54) is 16.7 Å². The zero-order valence-corrected chi connectivity index (χ0v) is 11.9. The minimum atomic E-state index is 0.336. The van der Waals surface area contributed by atoms with Crippen LogP contribution in [0.3, 0.4) is 0 Å². The van der Waals surface area contributed by atoms with Gasteiger partial charge in [-0.15, -0.1) is 0 Å². The van der Waals surface area contributed by atoms with E-state index in [0.29, 0.717) is 12.5 Å². The van der Waals surface area contributed by atoms with Gasteiger partial charge in [-0.2, -0.15) is 5.10 Å². The van der Waals surface area contributed by atoms with Gasteiger partial charge in [0, 0.05) is 17.7 Å². The highest BCUT2D eigenvalue weighted by Gasteiger charge is 2.14. The largest absolute Gasteiger partial charge is 0.330 e. The zero-order valence-electron chi connectivity index (χ0n) is 11.9. The summed E-state index contributed by atoms with van der Waals surface area (Å²) in [6, 6.07) is 19.2. The van der Waals surface area contributed by atoms with Crippen molar-refractivity contribution in [3.05, 3.63) is 78.1 Å². The third-order valence-corrected chi connectivity index (χ3v) is 3.78. The van der Waals surface area contributed by atoms with Crippen LogP contribution in [0.15, 0.2) is 67.0 Å². The summed E-state index contributed by atoms with van der Waals surface area (Å²) in [6.45, 7) is 0.676. The highest BCUT2D eigenvalue weighted by Crippen LogP contribution is 2.30. The lowest BCUT2D eigenvalue weighted by Gasteiger charge is -2.18. The van der Waals surface area contributed by atoms with Gasteiger partial charge in [-0.05, 0) is 29.7 Å². The van der Waals surface area contributed by atoms with Crippen molar-refractivity contribution in [2.45, 2.75) is 12.3 Å². The van der Waals surface area contributed by atoms with Gasteiger partial charge in [0.05, 0.1) is 6.20 Å². The van der Waals surface area contributed by atoms with Crippen molar-refractivity contribution in [1.82, 2.24) is 10.2 Å².